The van der Waals surface area contributed by atoms with Crippen LogP contribution in [0.4, 0.5) is 0 Å². The van der Waals surface area contributed by atoms with Gasteiger partial charge in [-0.2, -0.15) is 0 Å². The highest BCUT2D eigenvalue weighted by atomic mass is 16.6. The quantitative estimate of drug-likeness (QED) is 0.0323. The van der Waals surface area contributed by atoms with E-state index in [0.717, 1.165) is 186 Å². The summed E-state index contributed by atoms with van der Waals surface area (Å²) in [5.74, 6) is -1.28. The summed E-state index contributed by atoms with van der Waals surface area (Å²) >= 11 is 0. The molecule has 4 unspecified atom stereocenters. The predicted octanol–water partition coefficient (Wildman–Crippen LogP) is 13.9. The summed E-state index contributed by atoms with van der Waals surface area (Å²) in [6.45, 7) is 11.1. The molecule has 12 heteroatoms. The number of esters is 6. The molecule has 0 aliphatic rings. The molecule has 0 fully saturated rings. The molecular weight excluding hydrogens is 841 g/mol. The molecule has 0 rings (SSSR count). The number of hydrogen-bond acceptors (Lipinski definition) is 12. The lowest BCUT2D eigenvalue weighted by molar-refractivity contribution is -0.151. The van der Waals surface area contributed by atoms with Gasteiger partial charge in [-0.15, -0.1) is 0 Å². The molecule has 0 spiro atoms. The first-order chi connectivity index (χ1) is 31.9. The zero-order valence-corrected chi connectivity index (χ0v) is 43.1. The Morgan fingerprint density at radius 2 is 0.515 bits per heavy atom. The number of hydrogen-bond donors (Lipinski definition) is 0. The van der Waals surface area contributed by atoms with Gasteiger partial charge in [0.2, 0.25) is 0 Å². The van der Waals surface area contributed by atoms with Crippen LogP contribution < -0.4 is 0 Å². The molecule has 4 atom stereocenters. The van der Waals surface area contributed by atoms with E-state index in [1.165, 1.54) is 34.1 Å². The topological polar surface area (TPSA) is 158 Å². The molecule has 0 aliphatic heterocycles. The monoisotopic (exact) mass is 939 g/mol. The van der Waals surface area contributed by atoms with Crippen LogP contribution in [0.25, 0.3) is 0 Å². The second-order valence-corrected chi connectivity index (χ2v) is 18.7. The molecular formula is C54H98O12. The minimum atomic E-state index is -0.276. The van der Waals surface area contributed by atoms with Gasteiger partial charge in [0.1, 0.15) is 24.4 Å². The maximum absolute atomic E-state index is 12.2. The van der Waals surface area contributed by atoms with E-state index in [2.05, 4.69) is 13.8 Å². The van der Waals surface area contributed by atoms with Crippen LogP contribution >= 0.6 is 0 Å². The lowest BCUT2D eigenvalue weighted by Gasteiger charge is -2.21. The van der Waals surface area contributed by atoms with E-state index in [1.54, 1.807) is 0 Å². The van der Waals surface area contributed by atoms with Crippen LogP contribution in [0, 0.1) is 0 Å². The van der Waals surface area contributed by atoms with Gasteiger partial charge in [-0.25, -0.2) is 0 Å². The number of rotatable bonds is 47. The van der Waals surface area contributed by atoms with Crippen molar-refractivity contribution in [3.05, 3.63) is 0 Å². The van der Waals surface area contributed by atoms with E-state index in [-0.39, 0.29) is 60.2 Å². The molecule has 0 bridgehead atoms. The summed E-state index contributed by atoms with van der Waals surface area (Å²) in [5.41, 5.74) is 0. The average Bonchev–Trinajstić information content (AvgIpc) is 3.25. The third-order valence-electron chi connectivity index (χ3n) is 12.1. The molecule has 0 aromatic carbocycles. The Bertz CT molecular complexity index is 1220. The highest BCUT2D eigenvalue weighted by Crippen LogP contribution is 2.22. The van der Waals surface area contributed by atoms with Gasteiger partial charge in [-0.1, -0.05) is 129 Å². The summed E-state index contributed by atoms with van der Waals surface area (Å²) in [6.07, 6.45) is 33.5. The van der Waals surface area contributed by atoms with Gasteiger partial charge in [0.25, 0.3) is 0 Å². The molecule has 0 aromatic rings. The van der Waals surface area contributed by atoms with Crippen LogP contribution in [0.5, 0.6) is 0 Å². The van der Waals surface area contributed by atoms with E-state index in [1.807, 2.05) is 0 Å². The van der Waals surface area contributed by atoms with Crippen molar-refractivity contribution in [2.24, 2.45) is 0 Å². The minimum Gasteiger partial charge on any atom is -0.466 e. The van der Waals surface area contributed by atoms with Gasteiger partial charge in [-0.05, 0) is 103 Å². The molecule has 0 saturated heterocycles. The van der Waals surface area contributed by atoms with Crippen LogP contribution in [0.2, 0.25) is 0 Å². The zero-order chi connectivity index (χ0) is 48.9. The molecule has 0 N–H and O–H groups in total. The second-order valence-electron chi connectivity index (χ2n) is 18.7. The number of ether oxygens (including phenoxy) is 6. The summed E-state index contributed by atoms with van der Waals surface area (Å²) in [6, 6.07) is 0. The standard InChI is InChI=1S/C54H98O12/c1-7-9-11-26-34-50(64-46(4)56)41-42-52(66-48(6)58)36-28-20-18-22-30-38-54(60)62-44-32-24-17-13-12-16-23-31-43-61-53(59)37-29-21-15-14-19-27-35-51(65-47(5)57)40-39-49(63-45(3)55)33-25-10-8-2/h49-52H,7-44H2,1-6H3. The third kappa shape index (κ3) is 44.6. The first-order valence-electron chi connectivity index (χ1n) is 26.9. The first-order valence-corrected chi connectivity index (χ1v) is 26.9. The van der Waals surface area contributed by atoms with Crippen molar-refractivity contribution in [2.45, 2.75) is 297 Å². The Kier molecular flexibility index (Phi) is 43.4. The Morgan fingerprint density at radius 3 is 0.803 bits per heavy atom. The van der Waals surface area contributed by atoms with Crippen molar-refractivity contribution in [3.8, 4) is 0 Å². The minimum absolute atomic E-state index is 0.104. The highest BCUT2D eigenvalue weighted by molar-refractivity contribution is 5.69. The van der Waals surface area contributed by atoms with Gasteiger partial charge in [0.05, 0.1) is 13.2 Å². The van der Waals surface area contributed by atoms with Crippen molar-refractivity contribution in [3.63, 3.8) is 0 Å². The van der Waals surface area contributed by atoms with Crippen molar-refractivity contribution in [1.82, 2.24) is 0 Å². The smallest absolute Gasteiger partial charge is 0.305 e. The maximum atomic E-state index is 12.2. The van der Waals surface area contributed by atoms with E-state index in [0.29, 0.717) is 51.7 Å². The van der Waals surface area contributed by atoms with Gasteiger partial charge >= 0.3 is 35.8 Å². The Labute approximate surface area is 402 Å². The largest absolute Gasteiger partial charge is 0.466 e. The van der Waals surface area contributed by atoms with Gasteiger partial charge < -0.3 is 28.4 Å². The van der Waals surface area contributed by atoms with Crippen LogP contribution in [-0.4, -0.2) is 73.4 Å². The average molecular weight is 939 g/mol. The lowest BCUT2D eigenvalue weighted by Crippen LogP contribution is -2.22. The summed E-state index contributed by atoms with van der Waals surface area (Å²) in [5, 5.41) is 0. The fraction of sp³-hybridized carbons (Fsp3) is 0.889. The predicted molar refractivity (Wildman–Crippen MR) is 262 cm³/mol. The Balaban J connectivity index is 3.80. The number of unbranched alkanes of at least 4 members (excludes halogenated alkanes) is 21. The molecule has 0 aliphatic carbocycles. The lowest BCUT2D eigenvalue weighted by atomic mass is 10.00. The van der Waals surface area contributed by atoms with Crippen molar-refractivity contribution < 1.29 is 57.2 Å². The maximum Gasteiger partial charge on any atom is 0.305 e. The van der Waals surface area contributed by atoms with E-state index >= 15 is 0 Å². The zero-order valence-electron chi connectivity index (χ0n) is 43.1. The van der Waals surface area contributed by atoms with Crippen molar-refractivity contribution >= 4 is 35.8 Å². The number of carbonyl (C=O) groups excluding carboxylic acids is 6. The fourth-order valence-electron chi connectivity index (χ4n) is 8.45. The van der Waals surface area contributed by atoms with E-state index in [4.69, 9.17) is 28.4 Å². The normalized spacial score (nSPS) is 13.0. The molecule has 0 saturated carbocycles. The first kappa shape index (κ1) is 62.8. The van der Waals surface area contributed by atoms with E-state index < -0.39 is 0 Å². The van der Waals surface area contributed by atoms with Gasteiger partial charge in [0.15, 0.2) is 0 Å². The Morgan fingerprint density at radius 1 is 0.288 bits per heavy atom. The third-order valence-corrected chi connectivity index (χ3v) is 12.1. The molecule has 0 heterocycles. The summed E-state index contributed by atoms with van der Waals surface area (Å²) < 4.78 is 33.1. The molecule has 386 valence electrons. The summed E-state index contributed by atoms with van der Waals surface area (Å²) in [7, 11) is 0. The molecule has 66 heavy (non-hydrogen) atoms. The van der Waals surface area contributed by atoms with E-state index in [9.17, 15) is 28.8 Å². The second kappa shape index (κ2) is 45.6. The van der Waals surface area contributed by atoms with Crippen molar-refractivity contribution in [2.75, 3.05) is 13.2 Å². The van der Waals surface area contributed by atoms with Gasteiger partial charge in [-0.3, -0.25) is 28.8 Å². The fourth-order valence-corrected chi connectivity index (χ4v) is 8.45. The van der Waals surface area contributed by atoms with Crippen LogP contribution in [-0.2, 0) is 57.2 Å². The van der Waals surface area contributed by atoms with Gasteiger partial charge in [0, 0.05) is 40.5 Å². The molecule has 0 radical (unpaired) electrons. The SMILES string of the molecule is CCCCCCC(CCC(CCCCCCCC(=O)OCCCCCCCCCCOC(=O)CCCCCCCCC(CCC(CCCCC)OC(C)=O)OC(C)=O)OC(C)=O)OC(C)=O. The Hall–Kier alpha value is -3.18. The van der Waals surface area contributed by atoms with Crippen LogP contribution in [0.1, 0.15) is 273 Å². The molecule has 0 aromatic heterocycles. The number of carbonyl (C=O) groups is 6. The van der Waals surface area contributed by atoms with Crippen molar-refractivity contribution in [1.29, 1.82) is 0 Å². The molecule has 0 amide bonds. The highest BCUT2D eigenvalue weighted by Gasteiger charge is 2.20. The molecule has 12 nitrogen and oxygen atoms in total. The van der Waals surface area contributed by atoms with Crippen LogP contribution in [0.3, 0.4) is 0 Å². The summed E-state index contributed by atoms with van der Waals surface area (Å²) in [4.78, 5) is 70.9. The van der Waals surface area contributed by atoms with Crippen LogP contribution in [0.15, 0.2) is 0 Å².